The zero-order chi connectivity index (χ0) is 10.2. The van der Waals surface area contributed by atoms with Crippen LogP contribution in [0.2, 0.25) is 0 Å². The van der Waals surface area contributed by atoms with E-state index in [1.807, 2.05) is 0 Å². The van der Waals surface area contributed by atoms with Gasteiger partial charge in [0.15, 0.2) is 9.84 Å². The van der Waals surface area contributed by atoms with Crippen molar-refractivity contribution in [2.24, 2.45) is 0 Å². The van der Waals surface area contributed by atoms with Crippen molar-refractivity contribution < 1.29 is 26.6 Å². The lowest BCUT2D eigenvalue weighted by atomic mass is 10.3. The second-order valence-corrected chi connectivity index (χ2v) is 7.09. The van der Waals surface area contributed by atoms with Gasteiger partial charge in [0.05, 0.1) is 30.8 Å². The average Bonchev–Trinajstić information content (AvgIpc) is 2.59. The number of phosphoric ester groups is 1. The topological polar surface area (TPSA) is 78.9 Å². The molecular formula is C6H11O6PS. The van der Waals surface area contributed by atoms with Crippen LogP contribution >= 0.6 is 7.82 Å². The van der Waals surface area contributed by atoms with Crippen LogP contribution in [0.1, 0.15) is 6.42 Å². The Kier molecular flexibility index (Phi) is 2.70. The molecular weight excluding hydrogens is 231 g/mol. The molecule has 2 aliphatic heterocycles. The quantitative estimate of drug-likeness (QED) is 0.650. The molecule has 0 bridgehead atoms. The van der Waals surface area contributed by atoms with Gasteiger partial charge in [-0.1, -0.05) is 0 Å². The van der Waals surface area contributed by atoms with E-state index < -0.39 is 23.8 Å². The van der Waals surface area contributed by atoms with Crippen LogP contribution in [0.3, 0.4) is 0 Å². The highest BCUT2D eigenvalue weighted by Crippen LogP contribution is 2.54. The van der Waals surface area contributed by atoms with E-state index in [2.05, 4.69) is 0 Å². The van der Waals surface area contributed by atoms with Gasteiger partial charge in [-0.15, -0.1) is 0 Å². The molecule has 1 unspecified atom stereocenters. The molecule has 1 atom stereocenters. The summed E-state index contributed by atoms with van der Waals surface area (Å²) in [5, 5.41) is 0. The molecule has 0 radical (unpaired) electrons. The zero-order valence-electron chi connectivity index (χ0n) is 7.42. The van der Waals surface area contributed by atoms with Gasteiger partial charge in [-0.25, -0.2) is 13.0 Å². The molecule has 2 rings (SSSR count). The van der Waals surface area contributed by atoms with Gasteiger partial charge in [-0.3, -0.25) is 13.6 Å². The molecule has 0 saturated carbocycles. The number of rotatable bonds is 2. The number of phosphoric acid groups is 1. The lowest BCUT2D eigenvalue weighted by Gasteiger charge is -2.13. The van der Waals surface area contributed by atoms with E-state index in [1.165, 1.54) is 0 Å². The molecule has 0 aromatic rings. The maximum Gasteiger partial charge on any atom is 0.475 e. The van der Waals surface area contributed by atoms with Crippen molar-refractivity contribution in [3.8, 4) is 0 Å². The van der Waals surface area contributed by atoms with Gasteiger partial charge in [0.25, 0.3) is 0 Å². The first kappa shape index (κ1) is 10.6. The van der Waals surface area contributed by atoms with Gasteiger partial charge in [0.2, 0.25) is 0 Å². The lowest BCUT2D eigenvalue weighted by Crippen LogP contribution is -2.13. The molecule has 0 aliphatic carbocycles. The summed E-state index contributed by atoms with van der Waals surface area (Å²) < 4.78 is 48.3. The lowest BCUT2D eigenvalue weighted by molar-refractivity contribution is 0.145. The number of hydrogen-bond acceptors (Lipinski definition) is 6. The van der Waals surface area contributed by atoms with Crippen molar-refractivity contribution in [3.63, 3.8) is 0 Å². The number of hydrogen-bond donors (Lipinski definition) is 0. The Morgan fingerprint density at radius 1 is 1.29 bits per heavy atom. The smallest absolute Gasteiger partial charge is 0.284 e. The van der Waals surface area contributed by atoms with Gasteiger partial charge in [-0.2, -0.15) is 0 Å². The highest BCUT2D eigenvalue weighted by atomic mass is 32.2. The summed E-state index contributed by atoms with van der Waals surface area (Å²) in [4.78, 5) is 0. The van der Waals surface area contributed by atoms with Crippen molar-refractivity contribution in [2.45, 2.75) is 12.5 Å². The molecule has 2 aliphatic rings. The summed E-state index contributed by atoms with van der Waals surface area (Å²) in [7, 11) is -6.46. The number of sulfone groups is 1. The van der Waals surface area contributed by atoms with Gasteiger partial charge in [0, 0.05) is 0 Å². The highest BCUT2D eigenvalue weighted by molar-refractivity contribution is 7.91. The van der Waals surface area contributed by atoms with Crippen LogP contribution in [0.4, 0.5) is 0 Å². The first-order valence-electron chi connectivity index (χ1n) is 4.27. The summed E-state index contributed by atoms with van der Waals surface area (Å²) in [5.41, 5.74) is 0. The minimum atomic E-state index is -3.44. The first-order valence-corrected chi connectivity index (χ1v) is 7.55. The van der Waals surface area contributed by atoms with Crippen LogP contribution < -0.4 is 0 Å². The van der Waals surface area contributed by atoms with Crippen molar-refractivity contribution in [3.05, 3.63) is 0 Å². The molecule has 6 nitrogen and oxygen atoms in total. The van der Waals surface area contributed by atoms with Gasteiger partial charge >= 0.3 is 7.82 Å². The van der Waals surface area contributed by atoms with Crippen molar-refractivity contribution >= 4 is 17.7 Å². The van der Waals surface area contributed by atoms with Crippen LogP contribution in [0.25, 0.3) is 0 Å². The predicted octanol–water partition coefficient (Wildman–Crippen LogP) is 0.345. The van der Waals surface area contributed by atoms with Crippen LogP contribution in [-0.2, 0) is 28.0 Å². The van der Waals surface area contributed by atoms with E-state index >= 15 is 0 Å². The molecule has 2 heterocycles. The Hall–Kier alpha value is 0.0600. The normalized spacial score (nSPS) is 34.7. The largest absolute Gasteiger partial charge is 0.475 e. The molecule has 8 heteroatoms. The van der Waals surface area contributed by atoms with E-state index in [0.717, 1.165) is 0 Å². The molecule has 2 saturated heterocycles. The third-order valence-electron chi connectivity index (χ3n) is 2.05. The van der Waals surface area contributed by atoms with E-state index in [4.69, 9.17) is 13.6 Å². The molecule has 0 aromatic heterocycles. The SMILES string of the molecule is O=P1(OC2CCS(=O)(=O)C2)OCCO1. The maximum absolute atomic E-state index is 11.5. The fourth-order valence-corrected chi connectivity index (χ4v) is 4.45. The summed E-state index contributed by atoms with van der Waals surface area (Å²) in [6, 6.07) is 0. The zero-order valence-corrected chi connectivity index (χ0v) is 9.13. The summed E-state index contributed by atoms with van der Waals surface area (Å²) in [6.07, 6.45) is -0.192. The Morgan fingerprint density at radius 3 is 2.43 bits per heavy atom. The second-order valence-electron chi connectivity index (χ2n) is 3.24. The van der Waals surface area contributed by atoms with Crippen LogP contribution in [0, 0.1) is 0 Å². The van der Waals surface area contributed by atoms with Crippen LogP contribution in [-0.4, -0.2) is 39.2 Å². The van der Waals surface area contributed by atoms with Gasteiger partial charge < -0.3 is 0 Å². The Morgan fingerprint density at radius 2 is 1.93 bits per heavy atom. The van der Waals surface area contributed by atoms with Crippen molar-refractivity contribution in [1.82, 2.24) is 0 Å². The molecule has 0 aromatic carbocycles. The van der Waals surface area contributed by atoms with Crippen LogP contribution in [0.5, 0.6) is 0 Å². The van der Waals surface area contributed by atoms with Gasteiger partial charge in [-0.05, 0) is 6.42 Å². The Labute approximate surface area is 82.1 Å². The van der Waals surface area contributed by atoms with Gasteiger partial charge in [0.1, 0.15) is 0 Å². The fraction of sp³-hybridized carbons (Fsp3) is 1.00. The summed E-state index contributed by atoms with van der Waals surface area (Å²) in [6.45, 7) is 0.466. The maximum atomic E-state index is 11.5. The summed E-state index contributed by atoms with van der Waals surface area (Å²) >= 11 is 0. The second kappa shape index (κ2) is 3.57. The van der Waals surface area contributed by atoms with E-state index in [0.29, 0.717) is 6.42 Å². The highest BCUT2D eigenvalue weighted by Gasteiger charge is 2.39. The molecule has 0 spiro atoms. The van der Waals surface area contributed by atoms with Crippen molar-refractivity contribution in [1.29, 1.82) is 0 Å². The Balaban J connectivity index is 1.96. The minimum absolute atomic E-state index is 0.0810. The average molecular weight is 242 g/mol. The molecule has 82 valence electrons. The van der Waals surface area contributed by atoms with Crippen LogP contribution in [0.15, 0.2) is 0 Å². The predicted molar refractivity (Wildman–Crippen MR) is 47.7 cm³/mol. The third kappa shape index (κ3) is 2.35. The fourth-order valence-electron chi connectivity index (χ4n) is 1.42. The van der Waals surface area contributed by atoms with E-state index in [9.17, 15) is 13.0 Å². The van der Waals surface area contributed by atoms with E-state index in [1.54, 1.807) is 0 Å². The standard InChI is InChI=1S/C6H11O6PS/c7-13(10-2-3-11-13)12-6-1-4-14(8,9)5-6/h6H,1-5H2. The monoisotopic (exact) mass is 242 g/mol. The summed E-state index contributed by atoms with van der Waals surface area (Å²) in [5.74, 6) is -0.0125. The van der Waals surface area contributed by atoms with Crippen molar-refractivity contribution in [2.75, 3.05) is 24.7 Å². The molecule has 0 N–H and O–H groups in total. The molecule has 0 amide bonds. The minimum Gasteiger partial charge on any atom is -0.284 e. The molecule has 2 fully saturated rings. The first-order chi connectivity index (χ1) is 6.49. The van der Waals surface area contributed by atoms with E-state index in [-0.39, 0.29) is 24.7 Å². The third-order valence-corrected chi connectivity index (χ3v) is 5.34. The Bertz CT molecular complexity index is 353. The molecule has 14 heavy (non-hydrogen) atoms.